The molecule has 0 unspecified atom stereocenters. The molecule has 0 spiro atoms. The molecule has 3 heterocycles. The summed E-state index contributed by atoms with van der Waals surface area (Å²) in [7, 11) is 1.54. The van der Waals surface area contributed by atoms with Crippen molar-refractivity contribution in [1.82, 2.24) is 19.7 Å². The third kappa shape index (κ3) is 4.25. The molecule has 2 aromatic heterocycles. The molecule has 0 saturated heterocycles. The number of carbonyl (C=O) groups is 1. The molecule has 0 radical (unpaired) electrons. The highest BCUT2D eigenvalue weighted by atomic mass is 19.2. The number of halogens is 3. The van der Waals surface area contributed by atoms with Crippen LogP contribution in [-0.4, -0.2) is 32.8 Å². The summed E-state index contributed by atoms with van der Waals surface area (Å²) in [4.78, 5) is 27.2. The minimum atomic E-state index is -1.65. The van der Waals surface area contributed by atoms with Gasteiger partial charge in [-0.1, -0.05) is 13.0 Å². The van der Waals surface area contributed by atoms with Crippen LogP contribution in [0.2, 0.25) is 0 Å². The van der Waals surface area contributed by atoms with Gasteiger partial charge in [-0.25, -0.2) is 27.8 Å². The standard InChI is InChI=1S/C26H23F3N4O5/c1-4-26(25(34)38-37-16-11-18(27)22(29)19(28)12-16)8-5-9-33-23(31-32-24(26)33)15-6-7-17(20(10-15)35-3)21-13-30-14(2)36-21/h6-7,10-13H,4-5,8-9H2,1-3H3/t26-/m1/s1. The van der Waals surface area contributed by atoms with Crippen LogP contribution in [0.1, 0.15) is 37.9 Å². The molecule has 5 rings (SSSR count). The van der Waals surface area contributed by atoms with E-state index in [4.69, 9.17) is 18.9 Å². The highest BCUT2D eigenvalue weighted by Crippen LogP contribution is 2.41. The zero-order valence-corrected chi connectivity index (χ0v) is 20.8. The van der Waals surface area contributed by atoms with Crippen molar-refractivity contribution in [3.63, 3.8) is 0 Å². The van der Waals surface area contributed by atoms with Crippen LogP contribution in [0.5, 0.6) is 11.5 Å². The first-order chi connectivity index (χ1) is 18.3. The fraction of sp³-hybridized carbons (Fsp3) is 0.308. The monoisotopic (exact) mass is 528 g/mol. The molecule has 0 saturated carbocycles. The van der Waals surface area contributed by atoms with Crippen LogP contribution in [-0.2, 0) is 21.6 Å². The van der Waals surface area contributed by atoms with E-state index in [-0.39, 0.29) is 0 Å². The van der Waals surface area contributed by atoms with Crippen molar-refractivity contribution in [2.75, 3.05) is 7.11 Å². The predicted molar refractivity (Wildman–Crippen MR) is 126 cm³/mol. The number of rotatable bonds is 7. The van der Waals surface area contributed by atoms with Crippen LogP contribution in [0.3, 0.4) is 0 Å². The maximum absolute atomic E-state index is 13.5. The molecular weight excluding hydrogens is 505 g/mol. The molecule has 1 aliphatic heterocycles. The summed E-state index contributed by atoms with van der Waals surface area (Å²) in [5, 5.41) is 8.69. The number of hydrogen-bond acceptors (Lipinski definition) is 8. The lowest BCUT2D eigenvalue weighted by Gasteiger charge is -2.33. The highest BCUT2D eigenvalue weighted by molar-refractivity contribution is 5.82. The summed E-state index contributed by atoms with van der Waals surface area (Å²) in [5.74, 6) is -3.37. The number of aromatic nitrogens is 4. The average molecular weight is 528 g/mol. The van der Waals surface area contributed by atoms with Gasteiger partial charge in [0.1, 0.15) is 11.2 Å². The number of benzene rings is 2. The Labute approximate surface area is 215 Å². The van der Waals surface area contributed by atoms with Gasteiger partial charge in [-0.15, -0.1) is 10.2 Å². The summed E-state index contributed by atoms with van der Waals surface area (Å²) in [6, 6.07) is 6.64. The molecular formula is C26H23F3N4O5. The topological polar surface area (TPSA) is 102 Å². The van der Waals surface area contributed by atoms with E-state index in [1.807, 2.05) is 16.7 Å². The maximum Gasteiger partial charge on any atom is 0.369 e. The minimum Gasteiger partial charge on any atom is -0.496 e. The van der Waals surface area contributed by atoms with E-state index in [9.17, 15) is 18.0 Å². The Morgan fingerprint density at radius 1 is 1.16 bits per heavy atom. The molecule has 9 nitrogen and oxygen atoms in total. The lowest BCUT2D eigenvalue weighted by Crippen LogP contribution is -2.43. The number of hydrogen-bond donors (Lipinski definition) is 0. The number of methoxy groups -OCH3 is 1. The Morgan fingerprint density at radius 2 is 1.92 bits per heavy atom. The van der Waals surface area contributed by atoms with E-state index < -0.39 is 34.6 Å². The second-order valence-electron chi connectivity index (χ2n) is 8.85. The Hall–Kier alpha value is -4.35. The van der Waals surface area contributed by atoms with Crippen molar-refractivity contribution in [3.05, 3.63) is 65.7 Å². The number of nitrogens with zero attached hydrogens (tertiary/aromatic N) is 4. The van der Waals surface area contributed by atoms with Crippen LogP contribution >= 0.6 is 0 Å². The van der Waals surface area contributed by atoms with Crippen molar-refractivity contribution >= 4 is 5.97 Å². The molecule has 4 aromatic rings. The number of carbonyl (C=O) groups excluding carboxylic acids is 1. The fourth-order valence-corrected chi connectivity index (χ4v) is 4.67. The molecule has 12 heteroatoms. The van der Waals surface area contributed by atoms with Crippen molar-refractivity contribution in [3.8, 4) is 34.2 Å². The second kappa shape index (κ2) is 9.84. The van der Waals surface area contributed by atoms with E-state index in [1.165, 1.54) is 0 Å². The Morgan fingerprint density at radius 3 is 2.58 bits per heavy atom. The fourth-order valence-electron chi connectivity index (χ4n) is 4.67. The summed E-state index contributed by atoms with van der Waals surface area (Å²) in [6.45, 7) is 4.09. The van der Waals surface area contributed by atoms with Crippen LogP contribution in [0.25, 0.3) is 22.7 Å². The van der Waals surface area contributed by atoms with E-state index >= 15 is 0 Å². The molecule has 0 aliphatic carbocycles. The minimum absolute atomic E-state index is 0.298. The lowest BCUT2D eigenvalue weighted by atomic mass is 9.77. The Kier molecular flexibility index (Phi) is 6.55. The SMILES string of the molecule is CC[C@@]1(C(=O)OOc2cc(F)c(F)c(F)c2)CCCn2c(-c3ccc(-c4cnc(C)o4)c(OC)c3)nnc21. The van der Waals surface area contributed by atoms with Crippen molar-refractivity contribution in [2.45, 2.75) is 45.1 Å². The normalized spacial score (nSPS) is 16.7. The quantitative estimate of drug-likeness (QED) is 0.181. The number of ether oxygens (including phenoxy) is 1. The molecule has 0 fully saturated rings. The van der Waals surface area contributed by atoms with E-state index in [2.05, 4.69) is 15.2 Å². The molecule has 2 aromatic carbocycles. The van der Waals surface area contributed by atoms with Gasteiger partial charge in [0.2, 0.25) is 0 Å². The summed E-state index contributed by atoms with van der Waals surface area (Å²) in [6.07, 6.45) is 2.91. The number of fused-ring (bicyclic) bond motifs is 1. The molecule has 38 heavy (non-hydrogen) atoms. The van der Waals surface area contributed by atoms with Gasteiger partial charge in [-0.05, 0) is 31.4 Å². The maximum atomic E-state index is 13.5. The largest absolute Gasteiger partial charge is 0.496 e. The van der Waals surface area contributed by atoms with E-state index in [1.54, 1.807) is 33.2 Å². The molecule has 0 amide bonds. The van der Waals surface area contributed by atoms with Crippen LogP contribution < -0.4 is 9.62 Å². The van der Waals surface area contributed by atoms with Crippen LogP contribution in [0.4, 0.5) is 13.2 Å². The molecule has 1 aliphatic rings. The average Bonchev–Trinajstić information content (AvgIpc) is 3.56. The summed E-state index contributed by atoms with van der Waals surface area (Å²) >= 11 is 0. The van der Waals surface area contributed by atoms with Gasteiger partial charge in [0.15, 0.2) is 46.5 Å². The Bertz CT molecular complexity index is 1500. The van der Waals surface area contributed by atoms with Gasteiger partial charge in [-0.2, -0.15) is 0 Å². The van der Waals surface area contributed by atoms with Crippen molar-refractivity contribution < 1.29 is 36.9 Å². The first-order valence-corrected chi connectivity index (χ1v) is 11.9. The third-order valence-electron chi connectivity index (χ3n) is 6.68. The highest BCUT2D eigenvalue weighted by Gasteiger charge is 2.48. The summed E-state index contributed by atoms with van der Waals surface area (Å²) in [5.41, 5.74) is 0.198. The zero-order valence-electron chi connectivity index (χ0n) is 20.8. The second-order valence-corrected chi connectivity index (χ2v) is 8.85. The lowest BCUT2D eigenvalue weighted by molar-refractivity contribution is -0.222. The van der Waals surface area contributed by atoms with E-state index in [0.29, 0.717) is 78.1 Å². The predicted octanol–water partition coefficient (Wildman–Crippen LogP) is 5.31. The van der Waals surface area contributed by atoms with E-state index in [0.717, 1.165) is 0 Å². The first-order valence-electron chi connectivity index (χ1n) is 11.9. The van der Waals surface area contributed by atoms with Gasteiger partial charge in [0.05, 0.1) is 18.9 Å². The molecule has 1 atom stereocenters. The smallest absolute Gasteiger partial charge is 0.369 e. The van der Waals surface area contributed by atoms with Gasteiger partial charge in [0, 0.05) is 31.2 Å². The number of aryl methyl sites for hydroxylation is 1. The summed E-state index contributed by atoms with van der Waals surface area (Å²) < 4.78 is 53.3. The number of oxazole rings is 1. The van der Waals surface area contributed by atoms with Gasteiger partial charge < -0.3 is 13.7 Å². The van der Waals surface area contributed by atoms with Crippen LogP contribution in [0.15, 0.2) is 40.9 Å². The van der Waals surface area contributed by atoms with Crippen LogP contribution in [0, 0.1) is 24.4 Å². The molecule has 0 N–H and O–H groups in total. The first kappa shape index (κ1) is 25.3. The third-order valence-corrected chi connectivity index (χ3v) is 6.68. The van der Waals surface area contributed by atoms with Crippen molar-refractivity contribution in [1.29, 1.82) is 0 Å². The zero-order chi connectivity index (χ0) is 27.0. The van der Waals surface area contributed by atoms with Gasteiger partial charge in [0.25, 0.3) is 0 Å². The van der Waals surface area contributed by atoms with Gasteiger partial charge in [-0.3, -0.25) is 4.89 Å². The molecule has 0 bridgehead atoms. The Balaban J connectivity index is 1.45. The molecule has 198 valence electrons. The van der Waals surface area contributed by atoms with Gasteiger partial charge >= 0.3 is 5.97 Å². The van der Waals surface area contributed by atoms with Crippen molar-refractivity contribution in [2.24, 2.45) is 0 Å².